The van der Waals surface area contributed by atoms with Crippen LogP contribution in [0.5, 0.6) is 0 Å². The van der Waals surface area contributed by atoms with E-state index >= 15 is 0 Å². The summed E-state index contributed by atoms with van der Waals surface area (Å²) in [5.41, 5.74) is 1.81. The molecule has 26 heavy (non-hydrogen) atoms. The maximum absolute atomic E-state index is 12.4. The van der Waals surface area contributed by atoms with Crippen molar-refractivity contribution in [2.45, 2.75) is 44.4 Å². The van der Waals surface area contributed by atoms with Crippen LogP contribution in [-0.4, -0.2) is 25.0 Å². The van der Waals surface area contributed by atoms with Gasteiger partial charge in [0.1, 0.15) is 5.60 Å². The van der Waals surface area contributed by atoms with Gasteiger partial charge in [-0.2, -0.15) is 0 Å². The van der Waals surface area contributed by atoms with Crippen LogP contribution in [0.25, 0.3) is 0 Å². The summed E-state index contributed by atoms with van der Waals surface area (Å²) < 4.78 is 32.9. The Morgan fingerprint density at radius 1 is 1.04 bits per heavy atom. The van der Waals surface area contributed by atoms with Gasteiger partial charge in [-0.1, -0.05) is 24.3 Å². The number of rotatable bonds is 3. The molecular formula is C19H22N2O4S. The van der Waals surface area contributed by atoms with Crippen LogP contribution in [0.1, 0.15) is 31.9 Å². The molecule has 1 aliphatic heterocycles. The van der Waals surface area contributed by atoms with Crippen molar-refractivity contribution < 1.29 is 17.9 Å². The lowest BCUT2D eigenvalue weighted by atomic mass is 10.1. The predicted molar refractivity (Wildman–Crippen MR) is 99.2 cm³/mol. The molecule has 7 heteroatoms. The van der Waals surface area contributed by atoms with E-state index in [1.165, 1.54) is 0 Å². The third kappa shape index (κ3) is 4.16. The molecule has 0 saturated carbocycles. The van der Waals surface area contributed by atoms with E-state index in [0.29, 0.717) is 18.8 Å². The number of hydrogen-bond acceptors (Lipinski definition) is 4. The van der Waals surface area contributed by atoms with Crippen molar-refractivity contribution >= 4 is 21.8 Å². The average molecular weight is 374 g/mol. The third-order valence-electron chi connectivity index (χ3n) is 3.89. The van der Waals surface area contributed by atoms with Crippen LogP contribution in [0.3, 0.4) is 0 Å². The minimum atomic E-state index is -3.64. The maximum Gasteiger partial charge on any atom is 0.410 e. The van der Waals surface area contributed by atoms with Gasteiger partial charge in [-0.05, 0) is 56.2 Å². The van der Waals surface area contributed by atoms with Gasteiger partial charge in [0, 0.05) is 18.8 Å². The van der Waals surface area contributed by atoms with Crippen LogP contribution in [-0.2, 0) is 27.8 Å². The van der Waals surface area contributed by atoms with Crippen molar-refractivity contribution in [3.05, 3.63) is 59.7 Å². The van der Waals surface area contributed by atoms with Crippen molar-refractivity contribution in [1.82, 2.24) is 4.90 Å². The van der Waals surface area contributed by atoms with E-state index in [1.54, 1.807) is 47.4 Å². The van der Waals surface area contributed by atoms with Gasteiger partial charge in [-0.3, -0.25) is 9.62 Å². The van der Waals surface area contributed by atoms with Gasteiger partial charge in [0.2, 0.25) is 0 Å². The summed E-state index contributed by atoms with van der Waals surface area (Å²) >= 11 is 0. The van der Waals surface area contributed by atoms with E-state index in [9.17, 15) is 13.2 Å². The number of sulfonamides is 1. The summed E-state index contributed by atoms with van der Waals surface area (Å²) in [5, 5.41) is 0. The number of fused-ring (bicyclic) bond motifs is 1. The molecule has 0 aromatic heterocycles. The number of amides is 1. The number of carbonyl (C=O) groups excluding carboxylic acids is 1. The molecule has 0 atom stereocenters. The van der Waals surface area contributed by atoms with E-state index < -0.39 is 15.6 Å². The van der Waals surface area contributed by atoms with Crippen molar-refractivity contribution in [2.75, 3.05) is 4.72 Å². The Morgan fingerprint density at radius 2 is 1.69 bits per heavy atom. The van der Waals surface area contributed by atoms with Crippen molar-refractivity contribution in [3.8, 4) is 0 Å². The molecular weight excluding hydrogens is 352 g/mol. The third-order valence-corrected chi connectivity index (χ3v) is 5.28. The molecule has 0 bridgehead atoms. The van der Waals surface area contributed by atoms with Gasteiger partial charge < -0.3 is 4.74 Å². The topological polar surface area (TPSA) is 75.7 Å². The van der Waals surface area contributed by atoms with Crippen molar-refractivity contribution in [3.63, 3.8) is 0 Å². The number of nitrogens with zero attached hydrogens (tertiary/aromatic N) is 1. The fourth-order valence-electron chi connectivity index (χ4n) is 2.73. The Labute approximate surface area is 153 Å². The first kappa shape index (κ1) is 18.3. The molecule has 1 N–H and O–H groups in total. The zero-order valence-corrected chi connectivity index (χ0v) is 15.8. The van der Waals surface area contributed by atoms with Gasteiger partial charge in [0.15, 0.2) is 0 Å². The first-order valence-corrected chi connectivity index (χ1v) is 9.80. The monoisotopic (exact) mass is 374 g/mol. The highest BCUT2D eigenvalue weighted by atomic mass is 32.2. The SMILES string of the molecule is CC(C)(C)OC(=O)N1Cc2ccc(NS(=O)(=O)c3ccccc3)cc2C1. The number of nitrogens with one attached hydrogen (secondary N) is 1. The molecule has 2 aromatic rings. The quantitative estimate of drug-likeness (QED) is 0.888. The fourth-order valence-corrected chi connectivity index (χ4v) is 3.80. The summed E-state index contributed by atoms with van der Waals surface area (Å²) in [6, 6.07) is 13.5. The Bertz CT molecular complexity index is 918. The Kier molecular flexibility index (Phi) is 4.66. The molecule has 0 aliphatic carbocycles. The van der Waals surface area contributed by atoms with Gasteiger partial charge >= 0.3 is 6.09 Å². The average Bonchev–Trinajstić information content (AvgIpc) is 2.97. The predicted octanol–water partition coefficient (Wildman–Crippen LogP) is 3.74. The maximum atomic E-state index is 12.4. The lowest BCUT2D eigenvalue weighted by Crippen LogP contribution is -2.33. The molecule has 6 nitrogen and oxygen atoms in total. The first-order chi connectivity index (χ1) is 12.1. The van der Waals surface area contributed by atoms with Crippen molar-refractivity contribution in [2.24, 2.45) is 0 Å². The molecule has 0 spiro atoms. The second-order valence-electron chi connectivity index (χ2n) is 7.24. The Morgan fingerprint density at radius 3 is 2.35 bits per heavy atom. The second-order valence-corrected chi connectivity index (χ2v) is 8.92. The van der Waals surface area contributed by atoms with E-state index in [4.69, 9.17) is 4.74 Å². The van der Waals surface area contributed by atoms with Crippen LogP contribution in [0.2, 0.25) is 0 Å². The summed E-state index contributed by atoms with van der Waals surface area (Å²) in [6.45, 7) is 6.32. The minimum absolute atomic E-state index is 0.205. The van der Waals surface area contributed by atoms with E-state index in [-0.39, 0.29) is 11.0 Å². The molecule has 138 valence electrons. The van der Waals surface area contributed by atoms with E-state index in [1.807, 2.05) is 26.8 Å². The zero-order chi connectivity index (χ0) is 18.9. The standard InChI is InChI=1S/C19H22N2O4S/c1-19(2,3)25-18(22)21-12-14-9-10-16(11-15(14)13-21)20-26(23,24)17-7-5-4-6-8-17/h4-11,20H,12-13H2,1-3H3. The zero-order valence-electron chi connectivity index (χ0n) is 15.0. The number of anilines is 1. The molecule has 1 heterocycles. The van der Waals surface area contributed by atoms with Crippen LogP contribution >= 0.6 is 0 Å². The van der Waals surface area contributed by atoms with Crippen LogP contribution in [0.4, 0.5) is 10.5 Å². The molecule has 1 amide bonds. The highest BCUT2D eigenvalue weighted by Crippen LogP contribution is 2.28. The summed E-state index contributed by atoms with van der Waals surface area (Å²) in [6.07, 6.45) is -0.375. The highest BCUT2D eigenvalue weighted by Gasteiger charge is 2.28. The molecule has 0 unspecified atom stereocenters. The lowest BCUT2D eigenvalue weighted by Gasteiger charge is -2.24. The molecule has 0 fully saturated rings. The van der Waals surface area contributed by atoms with Crippen molar-refractivity contribution in [1.29, 1.82) is 0 Å². The first-order valence-electron chi connectivity index (χ1n) is 8.32. The fraction of sp³-hybridized carbons (Fsp3) is 0.316. The summed E-state index contributed by atoms with van der Waals surface area (Å²) in [7, 11) is -3.64. The highest BCUT2D eigenvalue weighted by molar-refractivity contribution is 7.92. The van der Waals surface area contributed by atoms with E-state index in [0.717, 1.165) is 11.1 Å². The Balaban J connectivity index is 1.74. The molecule has 2 aromatic carbocycles. The summed E-state index contributed by atoms with van der Waals surface area (Å²) in [5.74, 6) is 0. The Hall–Kier alpha value is -2.54. The van der Waals surface area contributed by atoms with E-state index in [2.05, 4.69) is 4.72 Å². The number of hydrogen-bond donors (Lipinski definition) is 1. The number of benzene rings is 2. The molecule has 0 saturated heterocycles. The smallest absolute Gasteiger partial charge is 0.410 e. The van der Waals surface area contributed by atoms with Gasteiger partial charge in [-0.15, -0.1) is 0 Å². The lowest BCUT2D eigenvalue weighted by molar-refractivity contribution is 0.0242. The van der Waals surface area contributed by atoms with Gasteiger partial charge in [-0.25, -0.2) is 13.2 Å². The molecule has 1 aliphatic rings. The van der Waals surface area contributed by atoms with Crippen LogP contribution in [0.15, 0.2) is 53.4 Å². The normalized spacial score (nSPS) is 14.0. The van der Waals surface area contributed by atoms with Gasteiger partial charge in [0.25, 0.3) is 10.0 Å². The van der Waals surface area contributed by atoms with Crippen LogP contribution < -0.4 is 4.72 Å². The van der Waals surface area contributed by atoms with Crippen LogP contribution in [0, 0.1) is 0 Å². The molecule has 0 radical (unpaired) electrons. The number of carbonyl (C=O) groups is 1. The summed E-state index contributed by atoms with van der Waals surface area (Å²) in [4.78, 5) is 14.0. The largest absolute Gasteiger partial charge is 0.444 e. The number of ether oxygens (including phenoxy) is 1. The molecule has 3 rings (SSSR count). The van der Waals surface area contributed by atoms with Gasteiger partial charge in [0.05, 0.1) is 4.90 Å². The second kappa shape index (κ2) is 6.64. The minimum Gasteiger partial charge on any atom is -0.444 e.